The lowest BCUT2D eigenvalue weighted by atomic mass is 10.2. The van der Waals surface area contributed by atoms with E-state index in [1.165, 1.54) is 7.11 Å². The molecule has 0 spiro atoms. The Morgan fingerprint density at radius 1 is 1.35 bits per heavy atom. The van der Waals surface area contributed by atoms with E-state index >= 15 is 0 Å². The van der Waals surface area contributed by atoms with Crippen LogP contribution < -0.4 is 10.5 Å². The molecule has 0 aliphatic carbocycles. The van der Waals surface area contributed by atoms with Crippen molar-refractivity contribution in [3.63, 3.8) is 0 Å². The number of aromatic nitrogens is 2. The summed E-state index contributed by atoms with van der Waals surface area (Å²) in [7, 11) is 1.33. The Morgan fingerprint density at radius 2 is 2.06 bits per heavy atom. The number of hydrogen-bond donors (Lipinski definition) is 1. The first-order chi connectivity index (χ1) is 8.15. The SMILES string of the molecule is COc1cc(F)c(F)cc1-c1noc(CN)n1. The molecule has 0 radical (unpaired) electrons. The van der Waals surface area contributed by atoms with Gasteiger partial charge in [0.1, 0.15) is 5.75 Å². The van der Waals surface area contributed by atoms with Crippen molar-refractivity contribution in [2.24, 2.45) is 5.73 Å². The summed E-state index contributed by atoms with van der Waals surface area (Å²) < 4.78 is 35.8. The molecular weight excluding hydrogens is 232 g/mol. The Kier molecular flexibility index (Phi) is 3.01. The number of nitrogens with two attached hydrogens (primary N) is 1. The van der Waals surface area contributed by atoms with Crippen molar-refractivity contribution < 1.29 is 18.0 Å². The molecule has 17 heavy (non-hydrogen) atoms. The van der Waals surface area contributed by atoms with E-state index < -0.39 is 11.6 Å². The first-order valence-electron chi connectivity index (χ1n) is 4.71. The highest BCUT2D eigenvalue weighted by molar-refractivity contribution is 5.63. The summed E-state index contributed by atoms with van der Waals surface area (Å²) in [4.78, 5) is 3.91. The van der Waals surface area contributed by atoms with Crippen LogP contribution in [0.2, 0.25) is 0 Å². The fourth-order valence-corrected chi connectivity index (χ4v) is 1.32. The van der Waals surface area contributed by atoms with Gasteiger partial charge in [0.05, 0.1) is 19.2 Å². The smallest absolute Gasteiger partial charge is 0.240 e. The molecule has 0 fully saturated rings. The Balaban J connectivity index is 2.53. The molecule has 2 aromatic rings. The van der Waals surface area contributed by atoms with Crippen LogP contribution >= 0.6 is 0 Å². The fourth-order valence-electron chi connectivity index (χ4n) is 1.32. The van der Waals surface area contributed by atoms with Crippen molar-refractivity contribution in [3.05, 3.63) is 29.7 Å². The molecule has 2 rings (SSSR count). The van der Waals surface area contributed by atoms with Gasteiger partial charge in [-0.3, -0.25) is 0 Å². The third kappa shape index (κ3) is 2.09. The topological polar surface area (TPSA) is 74.2 Å². The number of rotatable bonds is 3. The minimum Gasteiger partial charge on any atom is -0.496 e. The van der Waals surface area contributed by atoms with Gasteiger partial charge in [-0.05, 0) is 6.07 Å². The van der Waals surface area contributed by atoms with Gasteiger partial charge in [0.2, 0.25) is 11.7 Å². The van der Waals surface area contributed by atoms with Gasteiger partial charge in [0.25, 0.3) is 0 Å². The third-order valence-corrected chi connectivity index (χ3v) is 2.13. The van der Waals surface area contributed by atoms with E-state index in [4.69, 9.17) is 15.0 Å². The largest absolute Gasteiger partial charge is 0.496 e. The minimum atomic E-state index is -1.01. The minimum absolute atomic E-state index is 0.0684. The van der Waals surface area contributed by atoms with Crippen molar-refractivity contribution in [1.82, 2.24) is 10.1 Å². The van der Waals surface area contributed by atoms with E-state index in [9.17, 15) is 8.78 Å². The Morgan fingerprint density at radius 3 is 2.65 bits per heavy atom. The van der Waals surface area contributed by atoms with Gasteiger partial charge in [-0.1, -0.05) is 5.16 Å². The molecule has 1 heterocycles. The second kappa shape index (κ2) is 4.46. The first-order valence-corrected chi connectivity index (χ1v) is 4.71. The molecule has 0 amide bonds. The summed E-state index contributed by atoms with van der Waals surface area (Å²) in [6.45, 7) is 0.0684. The molecule has 0 saturated heterocycles. The zero-order valence-electron chi connectivity index (χ0n) is 8.91. The molecule has 5 nitrogen and oxygen atoms in total. The van der Waals surface area contributed by atoms with Gasteiger partial charge < -0.3 is 15.0 Å². The summed E-state index contributed by atoms with van der Waals surface area (Å²) in [6.07, 6.45) is 0. The Bertz CT molecular complexity index is 542. The summed E-state index contributed by atoms with van der Waals surface area (Å²) >= 11 is 0. The number of benzene rings is 1. The van der Waals surface area contributed by atoms with Gasteiger partial charge in [-0.25, -0.2) is 8.78 Å². The van der Waals surface area contributed by atoms with Crippen LogP contribution in [-0.4, -0.2) is 17.3 Å². The van der Waals surface area contributed by atoms with E-state index in [1.807, 2.05) is 0 Å². The maximum Gasteiger partial charge on any atom is 0.240 e. The van der Waals surface area contributed by atoms with Gasteiger partial charge in [-0.2, -0.15) is 4.98 Å². The number of ether oxygens (including phenoxy) is 1. The molecule has 0 bridgehead atoms. The predicted octanol–water partition coefficient (Wildman–Crippen LogP) is 1.48. The molecule has 0 aliphatic heterocycles. The van der Waals surface area contributed by atoms with Crippen molar-refractivity contribution in [3.8, 4) is 17.1 Å². The summed E-state index contributed by atoms with van der Waals surface area (Å²) in [5, 5.41) is 3.60. The van der Waals surface area contributed by atoms with Crippen LogP contribution in [0.1, 0.15) is 5.89 Å². The van der Waals surface area contributed by atoms with Crippen LogP contribution in [-0.2, 0) is 6.54 Å². The van der Waals surface area contributed by atoms with Crippen LogP contribution in [0.4, 0.5) is 8.78 Å². The van der Waals surface area contributed by atoms with Crippen molar-refractivity contribution >= 4 is 0 Å². The van der Waals surface area contributed by atoms with Gasteiger partial charge in [0.15, 0.2) is 11.6 Å². The number of halogens is 2. The lowest BCUT2D eigenvalue weighted by molar-refractivity contribution is 0.379. The number of hydrogen-bond acceptors (Lipinski definition) is 5. The van der Waals surface area contributed by atoms with Crippen LogP contribution in [0.15, 0.2) is 16.7 Å². The molecular formula is C10H9F2N3O2. The van der Waals surface area contributed by atoms with Crippen molar-refractivity contribution in [2.75, 3.05) is 7.11 Å². The molecule has 90 valence electrons. The van der Waals surface area contributed by atoms with Crippen LogP contribution in [0.5, 0.6) is 5.75 Å². The number of nitrogens with zero attached hydrogens (tertiary/aromatic N) is 2. The van der Waals surface area contributed by atoms with Gasteiger partial charge in [0, 0.05) is 6.07 Å². The zero-order chi connectivity index (χ0) is 12.4. The second-order valence-electron chi connectivity index (χ2n) is 3.18. The van der Waals surface area contributed by atoms with Crippen molar-refractivity contribution in [2.45, 2.75) is 6.54 Å². The van der Waals surface area contributed by atoms with Crippen LogP contribution in [0.3, 0.4) is 0 Å². The number of methoxy groups -OCH3 is 1. The lowest BCUT2D eigenvalue weighted by Crippen LogP contribution is -1.97. The average Bonchev–Trinajstić information content (AvgIpc) is 2.80. The van der Waals surface area contributed by atoms with E-state index in [2.05, 4.69) is 10.1 Å². The van der Waals surface area contributed by atoms with E-state index in [-0.39, 0.29) is 29.6 Å². The van der Waals surface area contributed by atoms with Crippen LogP contribution in [0, 0.1) is 11.6 Å². The second-order valence-corrected chi connectivity index (χ2v) is 3.18. The summed E-state index contributed by atoms with van der Waals surface area (Å²) in [5.74, 6) is -1.60. The molecule has 0 atom stereocenters. The Labute approximate surface area is 95.2 Å². The normalized spacial score (nSPS) is 10.6. The Hall–Kier alpha value is -2.02. The van der Waals surface area contributed by atoms with Crippen molar-refractivity contribution in [1.29, 1.82) is 0 Å². The van der Waals surface area contributed by atoms with E-state index in [1.54, 1.807) is 0 Å². The summed E-state index contributed by atoms with van der Waals surface area (Å²) in [6, 6.07) is 1.86. The quantitative estimate of drug-likeness (QED) is 0.881. The highest BCUT2D eigenvalue weighted by Gasteiger charge is 2.16. The average molecular weight is 241 g/mol. The van der Waals surface area contributed by atoms with Gasteiger partial charge >= 0.3 is 0 Å². The molecule has 1 aromatic heterocycles. The maximum absolute atomic E-state index is 13.1. The molecule has 1 aromatic carbocycles. The third-order valence-electron chi connectivity index (χ3n) is 2.13. The molecule has 0 aliphatic rings. The fraction of sp³-hybridized carbons (Fsp3) is 0.200. The highest BCUT2D eigenvalue weighted by Crippen LogP contribution is 2.29. The zero-order valence-corrected chi connectivity index (χ0v) is 8.91. The summed E-state index contributed by atoms with van der Waals surface area (Å²) in [5.41, 5.74) is 5.51. The highest BCUT2D eigenvalue weighted by atomic mass is 19.2. The lowest BCUT2D eigenvalue weighted by Gasteiger charge is -2.05. The maximum atomic E-state index is 13.1. The van der Waals surface area contributed by atoms with Crippen LogP contribution in [0.25, 0.3) is 11.4 Å². The first kappa shape index (κ1) is 11.5. The molecule has 0 unspecified atom stereocenters. The molecule has 0 saturated carbocycles. The monoisotopic (exact) mass is 241 g/mol. The van der Waals surface area contributed by atoms with E-state index in [0.29, 0.717) is 0 Å². The predicted molar refractivity (Wildman–Crippen MR) is 54.1 cm³/mol. The standard InChI is InChI=1S/C10H9F2N3O2/c1-16-8-3-7(12)6(11)2-5(8)10-14-9(4-13)17-15-10/h2-3H,4,13H2,1H3. The molecule has 2 N–H and O–H groups in total. The van der Waals surface area contributed by atoms with Gasteiger partial charge in [-0.15, -0.1) is 0 Å². The molecule has 7 heteroatoms. The van der Waals surface area contributed by atoms with E-state index in [0.717, 1.165) is 12.1 Å².